The van der Waals surface area contributed by atoms with Crippen molar-refractivity contribution in [3.8, 4) is 0 Å². The molecule has 1 radical (unpaired) electrons. The average molecular weight is 145 g/mol. The topological polar surface area (TPSA) is 38.7 Å². The molecule has 3 nitrogen and oxygen atoms in total. The molecule has 0 saturated heterocycles. The number of hydrogen-bond acceptors (Lipinski definition) is 3. The van der Waals surface area contributed by atoms with Crippen LogP contribution in [0.25, 0.3) is 0 Å². The van der Waals surface area contributed by atoms with E-state index in [2.05, 4.69) is 0 Å². The van der Waals surface area contributed by atoms with Crippen molar-refractivity contribution >= 4 is 7.48 Å². The molecule has 0 aromatic rings. The summed E-state index contributed by atoms with van der Waals surface area (Å²) in [6.45, 7) is 4.00. The summed E-state index contributed by atoms with van der Waals surface area (Å²) in [7, 11) is 3.09. The fourth-order valence-corrected chi connectivity index (χ4v) is 0.615. The first-order valence-electron chi connectivity index (χ1n) is 3.23. The van der Waals surface area contributed by atoms with E-state index in [1.54, 1.807) is 28.3 Å². The molecule has 0 aliphatic carbocycles. The number of methoxy groups -OCH3 is 1. The second kappa shape index (κ2) is 4.71. The van der Waals surface area contributed by atoms with Crippen LogP contribution in [0.5, 0.6) is 0 Å². The van der Waals surface area contributed by atoms with Crippen molar-refractivity contribution in [3.63, 3.8) is 0 Å². The van der Waals surface area contributed by atoms with Crippen LogP contribution >= 0.6 is 0 Å². The molecule has 0 aromatic carbocycles. The van der Waals surface area contributed by atoms with E-state index >= 15 is 0 Å². The van der Waals surface area contributed by atoms with Gasteiger partial charge in [0.25, 0.3) is 7.48 Å². The van der Waals surface area contributed by atoms with E-state index in [-0.39, 0.29) is 6.61 Å². The van der Waals surface area contributed by atoms with Gasteiger partial charge in [0.15, 0.2) is 0 Å². The summed E-state index contributed by atoms with van der Waals surface area (Å²) in [5.74, 6) is 0. The third-order valence-electron chi connectivity index (χ3n) is 1.02. The molecule has 1 unspecified atom stereocenters. The molecular weight excluding hydrogens is 131 g/mol. The molecule has 0 bridgehead atoms. The van der Waals surface area contributed by atoms with Gasteiger partial charge in [0.2, 0.25) is 0 Å². The lowest BCUT2D eigenvalue weighted by molar-refractivity contribution is -0.0456. The largest absolute Gasteiger partial charge is 0.438 e. The summed E-state index contributed by atoms with van der Waals surface area (Å²) in [4.78, 5) is 0. The minimum Gasteiger partial charge on any atom is -0.438 e. The molecule has 0 amide bonds. The summed E-state index contributed by atoms with van der Waals surface area (Å²) in [5.41, 5.74) is -0.874. The Morgan fingerprint density at radius 1 is 1.50 bits per heavy atom. The van der Waals surface area contributed by atoms with E-state index < -0.39 is 5.60 Å². The fraction of sp³-hybridized carbons (Fsp3) is 1.00. The van der Waals surface area contributed by atoms with Gasteiger partial charge in [-0.15, -0.1) is 0 Å². The zero-order chi connectivity index (χ0) is 8.04. The van der Waals surface area contributed by atoms with Crippen LogP contribution < -0.4 is 0 Å². The van der Waals surface area contributed by atoms with Crippen LogP contribution in [0, 0.1) is 0 Å². The zero-order valence-corrected chi connectivity index (χ0v) is 6.76. The Bertz CT molecular complexity index is 85.1. The number of hydrogen-bond donors (Lipinski definition) is 1. The highest BCUT2D eigenvalue weighted by Crippen LogP contribution is 2.02. The maximum absolute atomic E-state index is 9.38. The van der Waals surface area contributed by atoms with Crippen LogP contribution in [0.2, 0.25) is 6.82 Å². The minimum absolute atomic E-state index is 0.275. The Labute approximate surface area is 62.6 Å². The van der Waals surface area contributed by atoms with Crippen molar-refractivity contribution < 1.29 is 14.5 Å². The third-order valence-corrected chi connectivity index (χ3v) is 1.02. The molecular formula is C6H14BO3. The van der Waals surface area contributed by atoms with Crippen molar-refractivity contribution in [2.45, 2.75) is 19.3 Å². The highest BCUT2D eigenvalue weighted by Gasteiger charge is 2.19. The monoisotopic (exact) mass is 145 g/mol. The van der Waals surface area contributed by atoms with E-state index in [0.717, 1.165) is 0 Å². The van der Waals surface area contributed by atoms with E-state index in [4.69, 9.17) is 9.39 Å². The highest BCUT2D eigenvalue weighted by molar-refractivity contribution is 6.24. The van der Waals surface area contributed by atoms with Gasteiger partial charge < -0.3 is 14.5 Å². The van der Waals surface area contributed by atoms with Gasteiger partial charge in [0.05, 0.1) is 13.2 Å². The van der Waals surface area contributed by atoms with Crippen molar-refractivity contribution in [2.75, 3.05) is 20.3 Å². The first kappa shape index (κ1) is 9.94. The highest BCUT2D eigenvalue weighted by atomic mass is 16.5. The van der Waals surface area contributed by atoms with E-state index in [1.807, 2.05) is 0 Å². The first-order chi connectivity index (χ1) is 4.62. The van der Waals surface area contributed by atoms with Gasteiger partial charge in [-0.2, -0.15) is 0 Å². The molecule has 1 N–H and O–H groups in total. The third kappa shape index (κ3) is 4.79. The zero-order valence-electron chi connectivity index (χ0n) is 6.76. The van der Waals surface area contributed by atoms with Crippen LogP contribution in [0.4, 0.5) is 0 Å². The lowest BCUT2D eigenvalue weighted by Crippen LogP contribution is -2.36. The normalized spacial score (nSPS) is 16.4. The van der Waals surface area contributed by atoms with E-state index in [1.165, 1.54) is 0 Å². The van der Waals surface area contributed by atoms with E-state index in [9.17, 15) is 5.11 Å². The van der Waals surface area contributed by atoms with Crippen molar-refractivity contribution in [1.82, 2.24) is 0 Å². The Morgan fingerprint density at radius 2 is 2.10 bits per heavy atom. The molecule has 0 saturated carbocycles. The molecule has 0 heterocycles. The Balaban J connectivity index is 3.42. The molecule has 0 spiro atoms. The lowest BCUT2D eigenvalue weighted by Gasteiger charge is -2.21. The second-order valence-corrected chi connectivity index (χ2v) is 2.48. The first-order valence-corrected chi connectivity index (χ1v) is 3.23. The van der Waals surface area contributed by atoms with Crippen LogP contribution in [0.15, 0.2) is 0 Å². The van der Waals surface area contributed by atoms with Gasteiger partial charge in [-0.05, 0) is 6.92 Å². The molecule has 1 atom stereocenters. The van der Waals surface area contributed by atoms with Gasteiger partial charge in [0, 0.05) is 7.11 Å². The smallest absolute Gasteiger partial charge is 0.289 e. The Morgan fingerprint density at radius 3 is 2.50 bits per heavy atom. The summed E-state index contributed by atoms with van der Waals surface area (Å²) < 4.78 is 9.66. The van der Waals surface area contributed by atoms with Crippen molar-refractivity contribution in [2.24, 2.45) is 0 Å². The van der Waals surface area contributed by atoms with Gasteiger partial charge in [-0.3, -0.25) is 0 Å². The van der Waals surface area contributed by atoms with Crippen LogP contribution in [-0.2, 0) is 9.39 Å². The summed E-state index contributed by atoms with van der Waals surface area (Å²) in [5, 5.41) is 9.38. The molecule has 0 rings (SSSR count). The molecule has 4 heteroatoms. The van der Waals surface area contributed by atoms with Gasteiger partial charge in [-0.25, -0.2) is 0 Å². The lowest BCUT2D eigenvalue weighted by atomic mass is 10.1. The quantitative estimate of drug-likeness (QED) is 0.556. The number of rotatable bonds is 5. The fourth-order valence-electron chi connectivity index (χ4n) is 0.615. The summed E-state index contributed by atoms with van der Waals surface area (Å²) in [6, 6.07) is 0. The maximum atomic E-state index is 9.38. The Kier molecular flexibility index (Phi) is 4.69. The van der Waals surface area contributed by atoms with Gasteiger partial charge >= 0.3 is 0 Å². The number of ether oxygens (including phenoxy) is 1. The van der Waals surface area contributed by atoms with E-state index in [0.29, 0.717) is 6.61 Å². The number of aliphatic hydroxyl groups is 1. The maximum Gasteiger partial charge on any atom is 0.289 e. The van der Waals surface area contributed by atoms with Crippen molar-refractivity contribution in [1.29, 1.82) is 0 Å². The minimum atomic E-state index is -0.874. The van der Waals surface area contributed by atoms with Crippen LogP contribution in [0.1, 0.15) is 6.92 Å². The van der Waals surface area contributed by atoms with Crippen LogP contribution in [-0.4, -0.2) is 38.5 Å². The summed E-state index contributed by atoms with van der Waals surface area (Å²) >= 11 is 0. The van der Waals surface area contributed by atoms with Gasteiger partial charge in [-0.1, -0.05) is 6.82 Å². The van der Waals surface area contributed by atoms with Crippen LogP contribution in [0.3, 0.4) is 0 Å². The Hall–Kier alpha value is -0.0551. The van der Waals surface area contributed by atoms with Gasteiger partial charge in [0.1, 0.15) is 5.60 Å². The predicted octanol–water partition coefficient (Wildman–Crippen LogP) is 0.0677. The molecule has 0 aromatic heterocycles. The average Bonchev–Trinajstić information content (AvgIpc) is 1.84. The molecule has 0 aliphatic heterocycles. The molecule has 0 aliphatic rings. The molecule has 59 valence electrons. The second-order valence-electron chi connectivity index (χ2n) is 2.48. The van der Waals surface area contributed by atoms with Crippen molar-refractivity contribution in [3.05, 3.63) is 0 Å². The molecule has 0 fully saturated rings. The predicted molar refractivity (Wildman–Crippen MR) is 40.1 cm³/mol. The SMILES string of the molecule is C[B]OCC(C)(O)COC. The molecule has 10 heavy (non-hydrogen) atoms. The summed E-state index contributed by atoms with van der Waals surface area (Å²) in [6.07, 6.45) is 0. The standard InChI is InChI=1S/C6H14BO3/c1-6(8,4-9-3)5-10-7-2/h8H,4-5H2,1-3H3.